The molecule has 0 bridgehead atoms. The Kier molecular flexibility index (Phi) is 5.00. The Labute approximate surface area is 144 Å². The number of benzene rings is 1. The first-order valence-electron chi connectivity index (χ1n) is 7.19. The van der Waals surface area contributed by atoms with Gasteiger partial charge in [-0.15, -0.1) is 0 Å². The molecule has 120 valence electrons. The lowest BCUT2D eigenvalue weighted by molar-refractivity contribution is 0.102. The Bertz CT molecular complexity index is 681. The molecule has 1 saturated heterocycles. The molecule has 0 aliphatic carbocycles. The van der Waals surface area contributed by atoms with E-state index in [1.54, 1.807) is 30.5 Å². The molecule has 1 aromatic heterocycles. The van der Waals surface area contributed by atoms with Gasteiger partial charge in [-0.2, -0.15) is 0 Å². The lowest BCUT2D eigenvalue weighted by Crippen LogP contribution is -2.36. The van der Waals surface area contributed by atoms with Gasteiger partial charge >= 0.3 is 0 Å². The van der Waals surface area contributed by atoms with Crippen LogP contribution in [0.25, 0.3) is 0 Å². The van der Waals surface area contributed by atoms with Gasteiger partial charge in [0.25, 0.3) is 5.91 Å². The quantitative estimate of drug-likeness (QED) is 0.919. The summed E-state index contributed by atoms with van der Waals surface area (Å²) in [6.07, 6.45) is 1.55. The lowest BCUT2D eigenvalue weighted by Gasteiger charge is -2.27. The molecule has 3 rings (SSSR count). The second-order valence-electron chi connectivity index (χ2n) is 5.06. The Balaban J connectivity index is 1.72. The van der Waals surface area contributed by atoms with Crippen LogP contribution in [0.2, 0.25) is 10.0 Å². The minimum Gasteiger partial charge on any atom is -0.378 e. The SMILES string of the molecule is O=C(Nc1c(Cl)cccc1Cl)c1ccc(N2CCOCC2)nc1. The summed E-state index contributed by atoms with van der Waals surface area (Å²) < 4.78 is 5.31. The third-order valence-corrected chi connectivity index (χ3v) is 4.18. The van der Waals surface area contributed by atoms with Gasteiger partial charge in [-0.25, -0.2) is 4.98 Å². The first-order chi connectivity index (χ1) is 11.1. The summed E-state index contributed by atoms with van der Waals surface area (Å²) >= 11 is 12.1. The van der Waals surface area contributed by atoms with Crippen LogP contribution in [0.1, 0.15) is 10.4 Å². The Morgan fingerprint density at radius 2 is 1.83 bits per heavy atom. The van der Waals surface area contributed by atoms with E-state index in [0.717, 1.165) is 18.9 Å². The average molecular weight is 352 g/mol. The van der Waals surface area contributed by atoms with Crippen LogP contribution in [-0.4, -0.2) is 37.2 Å². The van der Waals surface area contributed by atoms with Crippen LogP contribution < -0.4 is 10.2 Å². The fraction of sp³-hybridized carbons (Fsp3) is 0.250. The van der Waals surface area contributed by atoms with Crippen molar-refractivity contribution < 1.29 is 9.53 Å². The van der Waals surface area contributed by atoms with E-state index in [-0.39, 0.29) is 5.91 Å². The van der Waals surface area contributed by atoms with E-state index in [1.807, 2.05) is 6.07 Å². The van der Waals surface area contributed by atoms with Crippen LogP contribution >= 0.6 is 23.2 Å². The zero-order chi connectivity index (χ0) is 16.2. The van der Waals surface area contributed by atoms with Crippen molar-refractivity contribution in [2.24, 2.45) is 0 Å². The number of nitrogens with zero attached hydrogens (tertiary/aromatic N) is 2. The number of nitrogens with one attached hydrogen (secondary N) is 1. The normalized spacial score (nSPS) is 14.6. The van der Waals surface area contributed by atoms with E-state index in [1.165, 1.54) is 0 Å². The molecular weight excluding hydrogens is 337 g/mol. The first-order valence-corrected chi connectivity index (χ1v) is 7.95. The second-order valence-corrected chi connectivity index (χ2v) is 5.87. The fourth-order valence-electron chi connectivity index (χ4n) is 2.30. The Hall–Kier alpha value is -1.82. The number of hydrogen-bond donors (Lipinski definition) is 1. The molecular formula is C16H15Cl2N3O2. The number of pyridine rings is 1. The average Bonchev–Trinajstić information content (AvgIpc) is 2.59. The van der Waals surface area contributed by atoms with Gasteiger partial charge in [-0.05, 0) is 24.3 Å². The van der Waals surface area contributed by atoms with Crippen LogP contribution in [-0.2, 0) is 4.74 Å². The zero-order valence-corrected chi connectivity index (χ0v) is 13.8. The monoisotopic (exact) mass is 351 g/mol. The van der Waals surface area contributed by atoms with Crippen molar-refractivity contribution in [1.82, 2.24) is 4.98 Å². The summed E-state index contributed by atoms with van der Waals surface area (Å²) in [5.74, 6) is 0.529. The number of ether oxygens (including phenoxy) is 1. The summed E-state index contributed by atoms with van der Waals surface area (Å²) in [7, 11) is 0. The van der Waals surface area contributed by atoms with E-state index in [9.17, 15) is 4.79 Å². The molecule has 1 aliphatic rings. The van der Waals surface area contributed by atoms with Gasteiger partial charge in [0, 0.05) is 19.3 Å². The number of carbonyl (C=O) groups excluding carboxylic acids is 1. The van der Waals surface area contributed by atoms with E-state index in [0.29, 0.717) is 34.5 Å². The van der Waals surface area contributed by atoms with Crippen LogP contribution in [0.4, 0.5) is 11.5 Å². The van der Waals surface area contributed by atoms with Crippen molar-refractivity contribution in [3.63, 3.8) is 0 Å². The lowest BCUT2D eigenvalue weighted by atomic mass is 10.2. The van der Waals surface area contributed by atoms with Gasteiger partial charge in [0.15, 0.2) is 0 Å². The number of morpholine rings is 1. The van der Waals surface area contributed by atoms with Crippen molar-refractivity contribution >= 4 is 40.6 Å². The standard InChI is InChI=1S/C16H15Cl2N3O2/c17-12-2-1-3-13(18)15(12)20-16(22)11-4-5-14(19-10-11)21-6-8-23-9-7-21/h1-5,10H,6-9H2,(H,20,22). The maximum Gasteiger partial charge on any atom is 0.257 e. The molecule has 5 nitrogen and oxygen atoms in total. The number of rotatable bonds is 3. The molecule has 1 aromatic carbocycles. The minimum absolute atomic E-state index is 0.305. The van der Waals surface area contributed by atoms with E-state index >= 15 is 0 Å². The molecule has 2 heterocycles. The maximum absolute atomic E-state index is 12.3. The molecule has 0 saturated carbocycles. The number of amides is 1. The highest BCUT2D eigenvalue weighted by Crippen LogP contribution is 2.30. The number of carbonyl (C=O) groups is 1. The van der Waals surface area contributed by atoms with Crippen LogP contribution in [0.3, 0.4) is 0 Å². The van der Waals surface area contributed by atoms with Crippen molar-refractivity contribution in [2.45, 2.75) is 0 Å². The summed E-state index contributed by atoms with van der Waals surface area (Å²) in [5.41, 5.74) is 0.844. The highest BCUT2D eigenvalue weighted by atomic mass is 35.5. The Morgan fingerprint density at radius 3 is 2.43 bits per heavy atom. The first kappa shape index (κ1) is 16.1. The largest absolute Gasteiger partial charge is 0.378 e. The molecule has 0 radical (unpaired) electrons. The molecule has 23 heavy (non-hydrogen) atoms. The number of aromatic nitrogens is 1. The molecule has 0 atom stereocenters. The maximum atomic E-state index is 12.3. The van der Waals surface area contributed by atoms with Gasteiger partial charge in [-0.3, -0.25) is 4.79 Å². The zero-order valence-electron chi connectivity index (χ0n) is 12.3. The number of para-hydroxylation sites is 1. The van der Waals surface area contributed by atoms with E-state index in [2.05, 4.69) is 15.2 Å². The molecule has 1 aliphatic heterocycles. The van der Waals surface area contributed by atoms with Gasteiger partial charge in [-0.1, -0.05) is 29.3 Å². The summed E-state index contributed by atoms with van der Waals surface area (Å²) in [6.45, 7) is 2.98. The van der Waals surface area contributed by atoms with Crippen LogP contribution in [0.5, 0.6) is 0 Å². The fourth-order valence-corrected chi connectivity index (χ4v) is 2.79. The third-order valence-electron chi connectivity index (χ3n) is 3.55. The topological polar surface area (TPSA) is 54.5 Å². The van der Waals surface area contributed by atoms with Gasteiger partial charge in [0.2, 0.25) is 0 Å². The van der Waals surface area contributed by atoms with Crippen LogP contribution in [0, 0.1) is 0 Å². The third kappa shape index (κ3) is 3.75. The van der Waals surface area contributed by atoms with Gasteiger partial charge < -0.3 is 15.0 Å². The van der Waals surface area contributed by atoms with Gasteiger partial charge in [0.05, 0.1) is 34.5 Å². The van der Waals surface area contributed by atoms with Crippen LogP contribution in [0.15, 0.2) is 36.5 Å². The Morgan fingerprint density at radius 1 is 1.13 bits per heavy atom. The number of halogens is 2. The van der Waals surface area contributed by atoms with Crippen molar-refractivity contribution in [3.8, 4) is 0 Å². The predicted molar refractivity (Wildman–Crippen MR) is 91.7 cm³/mol. The minimum atomic E-state index is -0.305. The predicted octanol–water partition coefficient (Wildman–Crippen LogP) is 3.48. The molecule has 2 aromatic rings. The summed E-state index contributed by atoms with van der Waals surface area (Å²) in [6, 6.07) is 8.62. The highest BCUT2D eigenvalue weighted by Gasteiger charge is 2.15. The molecule has 0 spiro atoms. The molecule has 1 fully saturated rings. The van der Waals surface area contributed by atoms with E-state index in [4.69, 9.17) is 27.9 Å². The number of anilines is 2. The highest BCUT2D eigenvalue weighted by molar-refractivity contribution is 6.40. The number of hydrogen-bond acceptors (Lipinski definition) is 4. The summed E-state index contributed by atoms with van der Waals surface area (Å²) in [4.78, 5) is 18.8. The summed E-state index contributed by atoms with van der Waals surface area (Å²) in [5, 5.41) is 3.50. The van der Waals surface area contributed by atoms with Crippen molar-refractivity contribution in [2.75, 3.05) is 36.5 Å². The van der Waals surface area contributed by atoms with Crippen molar-refractivity contribution in [1.29, 1.82) is 0 Å². The molecule has 1 amide bonds. The van der Waals surface area contributed by atoms with E-state index < -0.39 is 0 Å². The smallest absolute Gasteiger partial charge is 0.257 e. The molecule has 0 unspecified atom stereocenters. The van der Waals surface area contributed by atoms with Crippen molar-refractivity contribution in [3.05, 3.63) is 52.1 Å². The molecule has 7 heteroatoms. The molecule has 1 N–H and O–H groups in total. The van der Waals surface area contributed by atoms with Gasteiger partial charge in [0.1, 0.15) is 5.82 Å². The second kappa shape index (κ2) is 7.17.